The smallest absolute Gasteiger partial charge is 0.324 e. The fraction of sp³-hybridized carbons (Fsp3) is 0.455. The zero-order valence-electron chi connectivity index (χ0n) is 9.45. The Hall–Kier alpha value is -0.760. The Balaban J connectivity index is 2.93. The molecule has 0 saturated carbocycles. The van der Waals surface area contributed by atoms with E-state index in [2.05, 4.69) is 15.9 Å². The molecular weight excluding hydrogens is 340 g/mol. The highest BCUT2D eigenvalue weighted by molar-refractivity contribution is 9.10. The van der Waals surface area contributed by atoms with E-state index in [1.165, 1.54) is 0 Å². The Labute approximate surface area is 113 Å². The molecule has 1 aromatic rings. The van der Waals surface area contributed by atoms with Crippen molar-refractivity contribution in [2.24, 2.45) is 5.73 Å². The SMILES string of the molecule is NC(CCC(F)(F)F)c1cc(C(F)(F)F)ccc1Br. The van der Waals surface area contributed by atoms with E-state index in [4.69, 9.17) is 5.73 Å². The fourth-order valence-corrected chi connectivity index (χ4v) is 2.02. The first-order chi connectivity index (χ1) is 8.50. The van der Waals surface area contributed by atoms with Gasteiger partial charge < -0.3 is 5.73 Å². The van der Waals surface area contributed by atoms with Crippen molar-refractivity contribution in [3.63, 3.8) is 0 Å². The van der Waals surface area contributed by atoms with Crippen molar-refractivity contribution in [3.05, 3.63) is 33.8 Å². The topological polar surface area (TPSA) is 26.0 Å². The predicted octanol–water partition coefficient (Wildman–Crippen LogP) is 4.81. The Kier molecular flexibility index (Phi) is 4.89. The molecule has 1 atom stereocenters. The third-order valence-corrected chi connectivity index (χ3v) is 3.18. The van der Waals surface area contributed by atoms with Gasteiger partial charge in [-0.15, -0.1) is 0 Å². The molecule has 0 aliphatic heterocycles. The largest absolute Gasteiger partial charge is 0.416 e. The van der Waals surface area contributed by atoms with Crippen molar-refractivity contribution < 1.29 is 26.3 Å². The summed E-state index contributed by atoms with van der Waals surface area (Å²) < 4.78 is 73.9. The molecule has 0 amide bonds. The van der Waals surface area contributed by atoms with Gasteiger partial charge in [0.15, 0.2) is 0 Å². The summed E-state index contributed by atoms with van der Waals surface area (Å²) in [5.41, 5.74) is 4.59. The highest BCUT2D eigenvalue weighted by atomic mass is 79.9. The lowest BCUT2D eigenvalue weighted by Crippen LogP contribution is -2.17. The summed E-state index contributed by atoms with van der Waals surface area (Å²) in [6, 6.07) is 1.62. The average molecular weight is 350 g/mol. The van der Waals surface area contributed by atoms with Gasteiger partial charge in [0.1, 0.15) is 0 Å². The Bertz CT molecular complexity index is 440. The highest BCUT2D eigenvalue weighted by Gasteiger charge is 2.32. The van der Waals surface area contributed by atoms with Crippen molar-refractivity contribution in [1.82, 2.24) is 0 Å². The van der Waals surface area contributed by atoms with Crippen molar-refractivity contribution in [1.29, 1.82) is 0 Å². The predicted molar refractivity (Wildman–Crippen MR) is 61.4 cm³/mol. The quantitative estimate of drug-likeness (QED) is 0.778. The van der Waals surface area contributed by atoms with Crippen LogP contribution in [0.25, 0.3) is 0 Å². The lowest BCUT2D eigenvalue weighted by molar-refractivity contribution is -0.138. The first-order valence-corrected chi connectivity index (χ1v) is 5.99. The molecule has 0 fully saturated rings. The van der Waals surface area contributed by atoms with Crippen LogP contribution in [0, 0.1) is 0 Å². The molecule has 8 heteroatoms. The van der Waals surface area contributed by atoms with Gasteiger partial charge in [-0.3, -0.25) is 0 Å². The van der Waals surface area contributed by atoms with Crippen LogP contribution in [0.5, 0.6) is 0 Å². The van der Waals surface area contributed by atoms with Gasteiger partial charge in [0.2, 0.25) is 0 Å². The molecule has 1 unspecified atom stereocenters. The van der Waals surface area contributed by atoms with E-state index in [0.717, 1.165) is 18.2 Å². The minimum atomic E-state index is -4.56. The molecule has 0 aliphatic rings. The number of nitrogens with two attached hydrogens (primary N) is 1. The molecule has 0 aromatic heterocycles. The number of hydrogen-bond acceptors (Lipinski definition) is 1. The van der Waals surface area contributed by atoms with Gasteiger partial charge in [-0.2, -0.15) is 26.3 Å². The van der Waals surface area contributed by atoms with Crippen LogP contribution in [0.2, 0.25) is 0 Å². The minimum Gasteiger partial charge on any atom is -0.324 e. The van der Waals surface area contributed by atoms with E-state index in [1.807, 2.05) is 0 Å². The van der Waals surface area contributed by atoms with E-state index in [9.17, 15) is 26.3 Å². The second kappa shape index (κ2) is 5.70. The molecule has 0 saturated heterocycles. The van der Waals surface area contributed by atoms with Crippen LogP contribution in [0.4, 0.5) is 26.3 Å². The second-order valence-electron chi connectivity index (χ2n) is 3.99. The average Bonchev–Trinajstić information content (AvgIpc) is 2.24. The molecule has 0 bridgehead atoms. The Morgan fingerprint density at radius 2 is 1.68 bits per heavy atom. The minimum absolute atomic E-state index is 0.0130. The molecule has 0 spiro atoms. The van der Waals surface area contributed by atoms with E-state index in [0.29, 0.717) is 0 Å². The summed E-state index contributed by atoms with van der Waals surface area (Å²) in [4.78, 5) is 0. The Morgan fingerprint density at radius 1 is 1.11 bits per heavy atom. The molecule has 1 aromatic carbocycles. The maximum atomic E-state index is 12.5. The molecule has 1 rings (SSSR count). The van der Waals surface area contributed by atoms with Crippen molar-refractivity contribution in [2.75, 3.05) is 0 Å². The lowest BCUT2D eigenvalue weighted by Gasteiger charge is -2.17. The van der Waals surface area contributed by atoms with Crippen LogP contribution >= 0.6 is 15.9 Å². The lowest BCUT2D eigenvalue weighted by atomic mass is 10.0. The molecule has 108 valence electrons. The van der Waals surface area contributed by atoms with Gasteiger partial charge in [-0.1, -0.05) is 15.9 Å². The van der Waals surface area contributed by atoms with Crippen LogP contribution in [-0.4, -0.2) is 6.18 Å². The highest BCUT2D eigenvalue weighted by Crippen LogP contribution is 2.35. The van der Waals surface area contributed by atoms with E-state index in [-0.39, 0.29) is 10.0 Å². The van der Waals surface area contributed by atoms with Gasteiger partial charge in [-0.05, 0) is 30.2 Å². The monoisotopic (exact) mass is 349 g/mol. The fourth-order valence-electron chi connectivity index (χ4n) is 1.48. The number of halogens is 7. The first kappa shape index (κ1) is 16.3. The van der Waals surface area contributed by atoms with Crippen molar-refractivity contribution in [3.8, 4) is 0 Å². The van der Waals surface area contributed by atoms with Gasteiger partial charge >= 0.3 is 12.4 Å². The van der Waals surface area contributed by atoms with Gasteiger partial charge in [-0.25, -0.2) is 0 Å². The van der Waals surface area contributed by atoms with Crippen LogP contribution in [0.3, 0.4) is 0 Å². The van der Waals surface area contributed by atoms with Crippen LogP contribution in [-0.2, 0) is 6.18 Å². The number of hydrogen-bond donors (Lipinski definition) is 1. The third kappa shape index (κ3) is 5.02. The maximum absolute atomic E-state index is 12.5. The molecule has 0 aliphatic carbocycles. The summed E-state index contributed by atoms with van der Waals surface area (Å²) in [5, 5.41) is 0. The molecule has 2 N–H and O–H groups in total. The van der Waals surface area contributed by atoms with E-state index in [1.54, 1.807) is 0 Å². The molecule has 0 radical (unpaired) electrons. The normalized spacial score (nSPS) is 14.5. The zero-order valence-corrected chi connectivity index (χ0v) is 11.0. The number of rotatable bonds is 3. The summed E-state index contributed by atoms with van der Waals surface area (Å²) >= 11 is 2.99. The number of alkyl halides is 6. The first-order valence-electron chi connectivity index (χ1n) is 5.19. The molecule has 1 nitrogen and oxygen atoms in total. The Morgan fingerprint density at radius 3 is 2.16 bits per heavy atom. The summed E-state index contributed by atoms with van der Waals surface area (Å²) in [6.07, 6.45) is -10.6. The standard InChI is InChI=1S/C11H10BrF6N/c12-8-2-1-6(11(16,17)18)5-7(8)9(19)3-4-10(13,14)15/h1-2,5,9H,3-4,19H2. The van der Waals surface area contributed by atoms with Gasteiger partial charge in [0.25, 0.3) is 0 Å². The maximum Gasteiger partial charge on any atom is 0.416 e. The van der Waals surface area contributed by atoms with Crippen molar-refractivity contribution in [2.45, 2.75) is 31.2 Å². The van der Waals surface area contributed by atoms with Crippen LogP contribution in [0.1, 0.15) is 30.0 Å². The number of benzene rings is 1. The van der Waals surface area contributed by atoms with Crippen molar-refractivity contribution >= 4 is 15.9 Å². The molecule has 0 heterocycles. The zero-order chi connectivity index (χ0) is 14.8. The second-order valence-corrected chi connectivity index (χ2v) is 4.85. The van der Waals surface area contributed by atoms with Crippen LogP contribution in [0.15, 0.2) is 22.7 Å². The molecule has 19 heavy (non-hydrogen) atoms. The van der Waals surface area contributed by atoms with Gasteiger partial charge in [0, 0.05) is 16.9 Å². The summed E-state index contributed by atoms with van der Waals surface area (Å²) in [6.45, 7) is 0. The van der Waals surface area contributed by atoms with Gasteiger partial charge in [0.05, 0.1) is 5.56 Å². The van der Waals surface area contributed by atoms with E-state index < -0.39 is 36.8 Å². The van der Waals surface area contributed by atoms with Crippen LogP contribution < -0.4 is 5.73 Å². The van der Waals surface area contributed by atoms with E-state index >= 15 is 0 Å². The third-order valence-electron chi connectivity index (χ3n) is 2.46. The summed E-state index contributed by atoms with van der Waals surface area (Å²) in [5.74, 6) is 0. The molecular formula is C11H10BrF6N. The summed E-state index contributed by atoms with van der Waals surface area (Å²) in [7, 11) is 0.